The summed E-state index contributed by atoms with van der Waals surface area (Å²) in [5.41, 5.74) is 5.91. The minimum absolute atomic E-state index is 0.375. The van der Waals surface area contributed by atoms with Gasteiger partial charge in [0.2, 0.25) is 0 Å². The zero-order chi connectivity index (χ0) is 11.2. The lowest BCUT2D eigenvalue weighted by Crippen LogP contribution is -1.73. The molecule has 0 atom stereocenters. The van der Waals surface area contributed by atoms with Gasteiger partial charge in [0.1, 0.15) is 0 Å². The van der Waals surface area contributed by atoms with Crippen molar-refractivity contribution in [2.75, 3.05) is 14.2 Å². The first-order chi connectivity index (χ1) is 6.85. The van der Waals surface area contributed by atoms with Gasteiger partial charge in [-0.2, -0.15) is 0 Å². The molecule has 0 spiro atoms. The Balaban J connectivity index is 0. The standard InChI is InChI=1S/C8H10.C2H4O2.CH5N/c1-2-8-6-4-3-5-7-8;1-4-2-3;1-2/h3-7H,2H2,1H3;2H,1H3;2H2,1H3. The van der Waals surface area contributed by atoms with Crippen LogP contribution in [0.4, 0.5) is 0 Å². The van der Waals surface area contributed by atoms with Crippen molar-refractivity contribution < 1.29 is 9.53 Å². The molecule has 0 radical (unpaired) electrons. The molecule has 1 rings (SSSR count). The minimum Gasteiger partial charge on any atom is -0.471 e. The molecule has 0 bridgehead atoms. The van der Waals surface area contributed by atoms with Crippen molar-refractivity contribution in [2.24, 2.45) is 5.73 Å². The van der Waals surface area contributed by atoms with E-state index in [1.807, 2.05) is 6.07 Å². The van der Waals surface area contributed by atoms with E-state index >= 15 is 0 Å². The number of aryl methyl sites for hydroxylation is 1. The molecular formula is C11H19NO2. The molecule has 0 saturated heterocycles. The maximum atomic E-state index is 8.95. The van der Waals surface area contributed by atoms with Gasteiger partial charge in [0.25, 0.3) is 6.47 Å². The second-order valence-electron chi connectivity index (χ2n) is 2.17. The second kappa shape index (κ2) is 14.2. The molecule has 0 aliphatic rings. The van der Waals surface area contributed by atoms with Crippen LogP contribution in [0.25, 0.3) is 0 Å². The highest BCUT2D eigenvalue weighted by molar-refractivity contribution is 5.36. The van der Waals surface area contributed by atoms with Gasteiger partial charge >= 0.3 is 0 Å². The number of rotatable bonds is 2. The van der Waals surface area contributed by atoms with Gasteiger partial charge < -0.3 is 10.5 Å². The third-order valence-electron chi connectivity index (χ3n) is 1.35. The highest BCUT2D eigenvalue weighted by Crippen LogP contribution is 1.96. The highest BCUT2D eigenvalue weighted by Gasteiger charge is 1.79. The maximum absolute atomic E-state index is 8.95. The van der Waals surface area contributed by atoms with Crippen molar-refractivity contribution in [3.05, 3.63) is 35.9 Å². The van der Waals surface area contributed by atoms with E-state index in [4.69, 9.17) is 4.79 Å². The number of ether oxygens (including phenoxy) is 1. The van der Waals surface area contributed by atoms with Gasteiger partial charge in [0, 0.05) is 0 Å². The number of hydrogen-bond donors (Lipinski definition) is 1. The van der Waals surface area contributed by atoms with Gasteiger partial charge in [-0.15, -0.1) is 0 Å². The lowest BCUT2D eigenvalue weighted by atomic mass is 10.2. The number of carbonyl (C=O) groups is 1. The summed E-state index contributed by atoms with van der Waals surface area (Å²) in [5, 5.41) is 0. The summed E-state index contributed by atoms with van der Waals surface area (Å²) in [6.07, 6.45) is 1.14. The molecule has 0 aromatic heterocycles. The number of carbonyl (C=O) groups excluding carboxylic acids is 1. The second-order valence-corrected chi connectivity index (χ2v) is 2.17. The van der Waals surface area contributed by atoms with E-state index in [1.54, 1.807) is 0 Å². The Morgan fingerprint density at radius 2 is 1.71 bits per heavy atom. The van der Waals surface area contributed by atoms with Crippen molar-refractivity contribution >= 4 is 6.47 Å². The molecule has 0 aliphatic carbocycles. The molecule has 3 heteroatoms. The van der Waals surface area contributed by atoms with Crippen LogP contribution in [-0.4, -0.2) is 20.6 Å². The van der Waals surface area contributed by atoms with E-state index < -0.39 is 0 Å². The summed E-state index contributed by atoms with van der Waals surface area (Å²) in [6.45, 7) is 2.54. The lowest BCUT2D eigenvalue weighted by molar-refractivity contribution is -0.126. The van der Waals surface area contributed by atoms with Crippen LogP contribution in [0.15, 0.2) is 30.3 Å². The molecular weight excluding hydrogens is 178 g/mol. The molecule has 0 saturated carbocycles. The quantitative estimate of drug-likeness (QED) is 0.733. The Morgan fingerprint density at radius 3 is 1.93 bits per heavy atom. The first-order valence-electron chi connectivity index (χ1n) is 4.43. The van der Waals surface area contributed by atoms with E-state index in [-0.39, 0.29) is 0 Å². The van der Waals surface area contributed by atoms with Crippen LogP contribution in [0.5, 0.6) is 0 Å². The van der Waals surface area contributed by atoms with E-state index in [1.165, 1.54) is 19.7 Å². The fourth-order valence-electron chi connectivity index (χ4n) is 0.714. The zero-order valence-corrected chi connectivity index (χ0v) is 9.07. The van der Waals surface area contributed by atoms with Crippen molar-refractivity contribution in [3.8, 4) is 0 Å². The summed E-state index contributed by atoms with van der Waals surface area (Å²) in [4.78, 5) is 8.95. The normalized spacial score (nSPS) is 7.14. The van der Waals surface area contributed by atoms with Gasteiger partial charge in [-0.25, -0.2) is 0 Å². The first-order valence-corrected chi connectivity index (χ1v) is 4.43. The largest absolute Gasteiger partial charge is 0.471 e. The Hall–Kier alpha value is -1.35. The van der Waals surface area contributed by atoms with E-state index in [0.717, 1.165) is 6.42 Å². The van der Waals surface area contributed by atoms with Crippen molar-refractivity contribution in [3.63, 3.8) is 0 Å². The van der Waals surface area contributed by atoms with Gasteiger partial charge in [-0.3, -0.25) is 4.79 Å². The number of methoxy groups -OCH3 is 1. The molecule has 14 heavy (non-hydrogen) atoms. The Kier molecular flexibility index (Phi) is 15.3. The van der Waals surface area contributed by atoms with Crippen molar-refractivity contribution in [1.29, 1.82) is 0 Å². The predicted octanol–water partition coefficient (Wildman–Crippen LogP) is 1.61. The predicted molar refractivity (Wildman–Crippen MR) is 59.0 cm³/mol. The molecule has 1 aromatic carbocycles. The number of hydrogen-bond acceptors (Lipinski definition) is 3. The van der Waals surface area contributed by atoms with Crippen LogP contribution >= 0.6 is 0 Å². The van der Waals surface area contributed by atoms with Crippen LogP contribution in [-0.2, 0) is 16.0 Å². The molecule has 0 fully saturated rings. The van der Waals surface area contributed by atoms with E-state index in [2.05, 4.69) is 41.7 Å². The smallest absolute Gasteiger partial charge is 0.292 e. The minimum atomic E-state index is 0.375. The number of nitrogens with two attached hydrogens (primary N) is 1. The summed E-state index contributed by atoms with van der Waals surface area (Å²) in [7, 11) is 2.81. The topological polar surface area (TPSA) is 52.3 Å². The molecule has 0 heterocycles. The van der Waals surface area contributed by atoms with E-state index in [9.17, 15) is 0 Å². The third-order valence-corrected chi connectivity index (χ3v) is 1.35. The maximum Gasteiger partial charge on any atom is 0.292 e. The molecule has 0 amide bonds. The Bertz CT molecular complexity index is 200. The van der Waals surface area contributed by atoms with Gasteiger partial charge in [-0.1, -0.05) is 37.3 Å². The summed E-state index contributed by atoms with van der Waals surface area (Å²) in [5.74, 6) is 0. The third kappa shape index (κ3) is 10.7. The van der Waals surface area contributed by atoms with Crippen LogP contribution in [0.3, 0.4) is 0 Å². The van der Waals surface area contributed by atoms with Gasteiger partial charge in [0.05, 0.1) is 7.11 Å². The Labute approximate surface area is 85.9 Å². The van der Waals surface area contributed by atoms with Crippen LogP contribution < -0.4 is 5.73 Å². The first kappa shape index (κ1) is 15.1. The molecule has 80 valence electrons. The van der Waals surface area contributed by atoms with Crippen LogP contribution in [0.2, 0.25) is 0 Å². The average Bonchev–Trinajstić information content (AvgIpc) is 2.33. The molecule has 3 nitrogen and oxygen atoms in total. The average molecular weight is 197 g/mol. The van der Waals surface area contributed by atoms with Gasteiger partial charge in [0.15, 0.2) is 0 Å². The molecule has 2 N–H and O–H groups in total. The highest BCUT2D eigenvalue weighted by atomic mass is 16.5. The number of benzene rings is 1. The van der Waals surface area contributed by atoms with Crippen LogP contribution in [0.1, 0.15) is 12.5 Å². The monoisotopic (exact) mass is 197 g/mol. The van der Waals surface area contributed by atoms with Crippen molar-refractivity contribution in [1.82, 2.24) is 0 Å². The summed E-state index contributed by atoms with van der Waals surface area (Å²) >= 11 is 0. The van der Waals surface area contributed by atoms with Gasteiger partial charge in [-0.05, 0) is 19.0 Å². The van der Waals surface area contributed by atoms with Crippen LogP contribution in [0, 0.1) is 0 Å². The fraction of sp³-hybridized carbons (Fsp3) is 0.364. The van der Waals surface area contributed by atoms with Crippen molar-refractivity contribution in [2.45, 2.75) is 13.3 Å². The zero-order valence-electron chi connectivity index (χ0n) is 9.07. The molecule has 1 aromatic rings. The SMILES string of the molecule is CCc1ccccc1.CN.COC=O. The summed E-state index contributed by atoms with van der Waals surface area (Å²) < 4.78 is 3.86. The summed E-state index contributed by atoms with van der Waals surface area (Å²) in [6, 6.07) is 10.5. The molecule has 0 unspecified atom stereocenters. The van der Waals surface area contributed by atoms with E-state index in [0.29, 0.717) is 6.47 Å². The molecule has 0 aliphatic heterocycles. The lowest BCUT2D eigenvalue weighted by Gasteiger charge is -1.89. The Morgan fingerprint density at radius 1 is 1.29 bits per heavy atom. The fourth-order valence-corrected chi connectivity index (χ4v) is 0.714.